The van der Waals surface area contributed by atoms with Gasteiger partial charge in [-0.25, -0.2) is 0 Å². The number of carbonyl (C=O) groups is 1. The standard InChI is InChI=1S/C15H16ClNO3/c1-3-19-14-7-10(2)11(8-12(14)16)9-17-15(18)13-5-4-6-20-13/h4-8H,3,9H2,1-2H3,(H,17,18). The van der Waals surface area contributed by atoms with Crippen molar-refractivity contribution in [3.8, 4) is 5.75 Å². The van der Waals surface area contributed by atoms with Gasteiger partial charge < -0.3 is 14.5 Å². The van der Waals surface area contributed by atoms with Crippen LogP contribution in [0.15, 0.2) is 34.9 Å². The quantitative estimate of drug-likeness (QED) is 0.917. The summed E-state index contributed by atoms with van der Waals surface area (Å²) >= 11 is 6.14. The van der Waals surface area contributed by atoms with Gasteiger partial charge in [0.2, 0.25) is 0 Å². The van der Waals surface area contributed by atoms with Gasteiger partial charge in [-0.2, -0.15) is 0 Å². The number of rotatable bonds is 5. The fraction of sp³-hybridized carbons (Fsp3) is 0.267. The fourth-order valence-corrected chi connectivity index (χ4v) is 2.06. The van der Waals surface area contributed by atoms with Gasteiger partial charge in [-0.1, -0.05) is 11.6 Å². The average Bonchev–Trinajstić information content (AvgIpc) is 2.95. The molecule has 0 saturated carbocycles. The molecule has 106 valence electrons. The Morgan fingerprint density at radius 2 is 2.25 bits per heavy atom. The predicted octanol–water partition coefficient (Wildman–Crippen LogP) is 3.57. The van der Waals surface area contributed by atoms with Crippen LogP contribution in [0.25, 0.3) is 0 Å². The lowest BCUT2D eigenvalue weighted by atomic mass is 10.1. The number of ether oxygens (including phenoxy) is 1. The number of benzene rings is 1. The number of hydrogen-bond donors (Lipinski definition) is 1. The van der Waals surface area contributed by atoms with Crippen LogP contribution >= 0.6 is 11.6 Å². The van der Waals surface area contributed by atoms with Crippen LogP contribution in [0.2, 0.25) is 5.02 Å². The number of hydrogen-bond acceptors (Lipinski definition) is 3. The Morgan fingerprint density at radius 1 is 1.45 bits per heavy atom. The maximum Gasteiger partial charge on any atom is 0.287 e. The zero-order valence-electron chi connectivity index (χ0n) is 11.4. The molecule has 0 unspecified atom stereocenters. The van der Waals surface area contributed by atoms with Gasteiger partial charge in [0, 0.05) is 6.54 Å². The molecule has 0 saturated heterocycles. The predicted molar refractivity (Wildman–Crippen MR) is 77.2 cm³/mol. The van der Waals surface area contributed by atoms with Crippen LogP contribution in [-0.4, -0.2) is 12.5 Å². The Morgan fingerprint density at radius 3 is 2.90 bits per heavy atom. The molecule has 1 N–H and O–H groups in total. The van der Waals surface area contributed by atoms with Gasteiger partial charge in [0.15, 0.2) is 5.76 Å². The molecule has 2 aromatic rings. The molecule has 0 bridgehead atoms. The van der Waals surface area contributed by atoms with E-state index < -0.39 is 0 Å². The van der Waals surface area contributed by atoms with E-state index in [1.807, 2.05) is 26.0 Å². The number of furan rings is 1. The van der Waals surface area contributed by atoms with Crippen molar-refractivity contribution in [2.24, 2.45) is 0 Å². The van der Waals surface area contributed by atoms with E-state index in [4.69, 9.17) is 20.8 Å². The van der Waals surface area contributed by atoms with E-state index in [1.54, 1.807) is 12.1 Å². The van der Waals surface area contributed by atoms with Gasteiger partial charge in [0.1, 0.15) is 5.75 Å². The van der Waals surface area contributed by atoms with Gasteiger partial charge in [-0.15, -0.1) is 0 Å². The summed E-state index contributed by atoms with van der Waals surface area (Å²) in [5.41, 5.74) is 1.95. The van der Waals surface area contributed by atoms with Crippen LogP contribution in [0.5, 0.6) is 5.75 Å². The highest BCUT2D eigenvalue weighted by molar-refractivity contribution is 6.32. The Hall–Kier alpha value is -1.94. The molecule has 0 radical (unpaired) electrons. The van der Waals surface area contributed by atoms with Gasteiger partial charge in [0.05, 0.1) is 17.9 Å². The smallest absolute Gasteiger partial charge is 0.287 e. The number of amides is 1. The Balaban J connectivity index is 2.06. The van der Waals surface area contributed by atoms with Crippen molar-refractivity contribution in [2.75, 3.05) is 6.61 Å². The summed E-state index contributed by atoms with van der Waals surface area (Å²) in [6.45, 7) is 4.81. The van der Waals surface area contributed by atoms with Crippen LogP contribution in [0, 0.1) is 6.92 Å². The van der Waals surface area contributed by atoms with Crippen LogP contribution in [0.1, 0.15) is 28.6 Å². The van der Waals surface area contributed by atoms with Gasteiger partial charge in [-0.05, 0) is 49.2 Å². The molecule has 0 atom stereocenters. The first-order chi connectivity index (χ1) is 9.61. The number of aryl methyl sites for hydroxylation is 1. The summed E-state index contributed by atoms with van der Waals surface area (Å²) in [5, 5.41) is 3.33. The monoisotopic (exact) mass is 293 g/mol. The maximum absolute atomic E-state index is 11.8. The molecular formula is C15H16ClNO3. The highest BCUT2D eigenvalue weighted by atomic mass is 35.5. The van der Waals surface area contributed by atoms with Crippen LogP contribution in [-0.2, 0) is 6.54 Å². The minimum Gasteiger partial charge on any atom is -0.492 e. The minimum absolute atomic E-state index is 0.251. The minimum atomic E-state index is -0.251. The van der Waals surface area contributed by atoms with Crippen molar-refractivity contribution in [1.82, 2.24) is 5.32 Å². The highest BCUT2D eigenvalue weighted by Crippen LogP contribution is 2.28. The van der Waals surface area contributed by atoms with Gasteiger partial charge >= 0.3 is 0 Å². The Labute approximate surface area is 122 Å². The zero-order valence-corrected chi connectivity index (χ0v) is 12.2. The molecule has 4 nitrogen and oxygen atoms in total. The lowest BCUT2D eigenvalue weighted by Gasteiger charge is -2.11. The van der Waals surface area contributed by atoms with Crippen molar-refractivity contribution < 1.29 is 13.9 Å². The topological polar surface area (TPSA) is 51.5 Å². The van der Waals surface area contributed by atoms with Crippen LogP contribution in [0.3, 0.4) is 0 Å². The second-order valence-corrected chi connectivity index (χ2v) is 4.71. The molecule has 0 aliphatic carbocycles. The number of carbonyl (C=O) groups excluding carboxylic acids is 1. The van der Waals surface area contributed by atoms with Crippen LogP contribution < -0.4 is 10.1 Å². The summed E-state index contributed by atoms with van der Waals surface area (Å²) in [7, 11) is 0. The summed E-state index contributed by atoms with van der Waals surface area (Å²) in [6.07, 6.45) is 1.47. The molecule has 20 heavy (non-hydrogen) atoms. The Kier molecular flexibility index (Phi) is 4.69. The average molecular weight is 294 g/mol. The molecule has 1 aromatic heterocycles. The third kappa shape index (κ3) is 3.33. The summed E-state index contributed by atoms with van der Waals surface area (Å²) in [4.78, 5) is 11.8. The van der Waals surface area contributed by atoms with Crippen molar-refractivity contribution in [1.29, 1.82) is 0 Å². The molecule has 0 aliphatic heterocycles. The molecule has 1 aromatic carbocycles. The first-order valence-corrected chi connectivity index (χ1v) is 6.73. The molecule has 5 heteroatoms. The van der Waals surface area contributed by atoms with E-state index in [0.717, 1.165) is 11.1 Å². The fourth-order valence-electron chi connectivity index (χ4n) is 1.82. The first kappa shape index (κ1) is 14.5. The number of halogens is 1. The van der Waals surface area contributed by atoms with Crippen molar-refractivity contribution >= 4 is 17.5 Å². The van der Waals surface area contributed by atoms with E-state index in [9.17, 15) is 4.79 Å². The van der Waals surface area contributed by atoms with Gasteiger partial charge in [0.25, 0.3) is 5.91 Å². The third-order valence-corrected chi connectivity index (χ3v) is 3.17. The van der Waals surface area contributed by atoms with Crippen molar-refractivity contribution in [3.05, 3.63) is 52.4 Å². The van der Waals surface area contributed by atoms with E-state index in [0.29, 0.717) is 29.7 Å². The molecule has 0 aliphatic rings. The molecule has 1 amide bonds. The molecule has 1 heterocycles. The van der Waals surface area contributed by atoms with E-state index in [-0.39, 0.29) is 5.91 Å². The van der Waals surface area contributed by atoms with E-state index >= 15 is 0 Å². The summed E-state index contributed by atoms with van der Waals surface area (Å²) in [6, 6.07) is 6.98. The summed E-state index contributed by atoms with van der Waals surface area (Å²) < 4.78 is 10.5. The first-order valence-electron chi connectivity index (χ1n) is 6.35. The Bertz CT molecular complexity index is 593. The lowest BCUT2D eigenvalue weighted by Crippen LogP contribution is -2.22. The van der Waals surface area contributed by atoms with Crippen LogP contribution in [0.4, 0.5) is 0 Å². The lowest BCUT2D eigenvalue weighted by molar-refractivity contribution is 0.0923. The highest BCUT2D eigenvalue weighted by Gasteiger charge is 2.10. The largest absolute Gasteiger partial charge is 0.492 e. The second kappa shape index (κ2) is 6.48. The summed E-state index contributed by atoms with van der Waals surface area (Å²) in [5.74, 6) is 0.701. The molecule has 0 fully saturated rings. The normalized spacial score (nSPS) is 10.3. The molecule has 2 rings (SSSR count). The SMILES string of the molecule is CCOc1cc(C)c(CNC(=O)c2ccco2)cc1Cl. The zero-order chi connectivity index (χ0) is 14.5. The second-order valence-electron chi connectivity index (χ2n) is 4.30. The molecular weight excluding hydrogens is 278 g/mol. The number of nitrogens with one attached hydrogen (secondary N) is 1. The maximum atomic E-state index is 11.8. The van der Waals surface area contributed by atoms with Crippen molar-refractivity contribution in [2.45, 2.75) is 20.4 Å². The van der Waals surface area contributed by atoms with E-state index in [2.05, 4.69) is 5.32 Å². The molecule has 0 spiro atoms. The van der Waals surface area contributed by atoms with Crippen molar-refractivity contribution in [3.63, 3.8) is 0 Å². The third-order valence-electron chi connectivity index (χ3n) is 2.87. The van der Waals surface area contributed by atoms with E-state index in [1.165, 1.54) is 6.26 Å². The van der Waals surface area contributed by atoms with Gasteiger partial charge in [-0.3, -0.25) is 4.79 Å².